The van der Waals surface area contributed by atoms with Crippen molar-refractivity contribution in [2.75, 3.05) is 26.0 Å². The minimum absolute atomic E-state index is 0.0203. The predicted octanol–water partition coefficient (Wildman–Crippen LogP) is -0.00370. The first-order valence-corrected chi connectivity index (χ1v) is 7.92. The lowest BCUT2D eigenvalue weighted by Crippen LogP contribution is -2.36. The van der Waals surface area contributed by atoms with Gasteiger partial charge in [0.25, 0.3) is 0 Å². The Morgan fingerprint density at radius 3 is 2.90 bits per heavy atom. The Morgan fingerprint density at radius 1 is 1.57 bits per heavy atom. The van der Waals surface area contributed by atoms with E-state index in [1.54, 1.807) is 24.5 Å². The Hall–Kier alpha value is -1.71. The minimum Gasteiger partial charge on any atom is -0.409 e. The number of rotatable bonds is 9. The third-order valence-corrected chi connectivity index (χ3v) is 4.55. The molecule has 3 N–H and O–H groups in total. The monoisotopic (exact) mass is 316 g/mol. The van der Waals surface area contributed by atoms with E-state index in [1.807, 2.05) is 0 Å². The number of nitrogens with two attached hydrogens (primary N) is 1. The molecule has 21 heavy (non-hydrogen) atoms. The summed E-state index contributed by atoms with van der Waals surface area (Å²) in [5, 5.41) is 11.4. The van der Waals surface area contributed by atoms with E-state index in [2.05, 4.69) is 10.1 Å². The van der Waals surface area contributed by atoms with Crippen molar-refractivity contribution in [3.8, 4) is 0 Å². The number of pyridine rings is 1. The molecule has 0 radical (unpaired) electrons. The summed E-state index contributed by atoms with van der Waals surface area (Å²) in [6.45, 7) is 0.408. The largest absolute Gasteiger partial charge is 0.409 e. The fourth-order valence-corrected chi connectivity index (χ4v) is 2.97. The van der Waals surface area contributed by atoms with Gasteiger partial charge in [-0.1, -0.05) is 11.2 Å². The van der Waals surface area contributed by atoms with Crippen LogP contribution >= 0.6 is 0 Å². The van der Waals surface area contributed by atoms with E-state index in [4.69, 9.17) is 15.7 Å². The molecule has 1 rings (SSSR count). The van der Waals surface area contributed by atoms with Gasteiger partial charge in [-0.25, -0.2) is 8.42 Å². The summed E-state index contributed by atoms with van der Waals surface area (Å²) in [6.07, 6.45) is 3.36. The second-order valence-corrected chi connectivity index (χ2v) is 6.43. The summed E-state index contributed by atoms with van der Waals surface area (Å²) in [7, 11) is -2.06. The Morgan fingerprint density at radius 2 is 2.33 bits per heavy atom. The molecule has 0 aliphatic carbocycles. The van der Waals surface area contributed by atoms with Crippen LogP contribution in [-0.2, 0) is 21.3 Å². The molecule has 1 heterocycles. The number of amidine groups is 1. The van der Waals surface area contributed by atoms with Gasteiger partial charge < -0.3 is 15.7 Å². The first-order chi connectivity index (χ1) is 9.99. The van der Waals surface area contributed by atoms with Crippen LogP contribution in [0.5, 0.6) is 0 Å². The number of oxime groups is 1. The molecule has 0 unspecified atom stereocenters. The lowest BCUT2D eigenvalue weighted by molar-refractivity contribution is 0.215. The van der Waals surface area contributed by atoms with Gasteiger partial charge in [-0.2, -0.15) is 4.31 Å². The average molecular weight is 316 g/mol. The number of hydrogen-bond donors (Lipinski definition) is 2. The molecule has 1 aromatic heterocycles. The topological polar surface area (TPSA) is 118 Å². The average Bonchev–Trinajstić information content (AvgIpc) is 2.49. The van der Waals surface area contributed by atoms with Crippen molar-refractivity contribution in [2.45, 2.75) is 13.0 Å². The summed E-state index contributed by atoms with van der Waals surface area (Å²) >= 11 is 0. The summed E-state index contributed by atoms with van der Waals surface area (Å²) in [5.41, 5.74) is 6.16. The Labute approximate surface area is 124 Å². The molecule has 9 heteroatoms. The van der Waals surface area contributed by atoms with Gasteiger partial charge in [0.1, 0.15) is 5.84 Å². The van der Waals surface area contributed by atoms with Crippen LogP contribution in [0.2, 0.25) is 0 Å². The van der Waals surface area contributed by atoms with Crippen molar-refractivity contribution in [1.82, 2.24) is 9.29 Å². The van der Waals surface area contributed by atoms with Crippen LogP contribution in [0.25, 0.3) is 0 Å². The van der Waals surface area contributed by atoms with Crippen LogP contribution < -0.4 is 5.73 Å². The predicted molar refractivity (Wildman–Crippen MR) is 78.3 cm³/mol. The molecule has 0 bridgehead atoms. The minimum atomic E-state index is -3.50. The first kappa shape index (κ1) is 17.3. The summed E-state index contributed by atoms with van der Waals surface area (Å²) in [5.74, 6) is -0.145. The Kier molecular flexibility index (Phi) is 7.06. The van der Waals surface area contributed by atoms with Gasteiger partial charge in [0.05, 0.1) is 12.4 Å². The molecule has 0 aliphatic rings. The number of hydrogen-bond acceptors (Lipinski definition) is 6. The summed E-state index contributed by atoms with van der Waals surface area (Å²) in [6, 6.07) is 3.52. The van der Waals surface area contributed by atoms with Crippen molar-refractivity contribution >= 4 is 15.9 Å². The van der Waals surface area contributed by atoms with E-state index in [1.165, 1.54) is 11.4 Å². The molecule has 118 valence electrons. The zero-order valence-corrected chi connectivity index (χ0v) is 12.7. The van der Waals surface area contributed by atoms with Crippen LogP contribution in [-0.4, -0.2) is 54.8 Å². The van der Waals surface area contributed by atoms with Crippen molar-refractivity contribution in [3.63, 3.8) is 0 Å². The third-order valence-electron chi connectivity index (χ3n) is 2.77. The summed E-state index contributed by atoms with van der Waals surface area (Å²) in [4.78, 5) is 3.96. The molecule has 8 nitrogen and oxygen atoms in total. The molecule has 0 aromatic carbocycles. The third kappa shape index (κ3) is 6.06. The highest BCUT2D eigenvalue weighted by molar-refractivity contribution is 7.89. The standard InChI is InChI=1S/C12H20N4O4S/c1-20-7-8-21(18,19)16(6-4-12(13)15-17)10-11-3-2-5-14-9-11/h2-3,5,9,17H,4,6-8,10H2,1H3,(H2,13,15). The normalized spacial score (nSPS) is 12.8. The van der Waals surface area contributed by atoms with E-state index < -0.39 is 10.0 Å². The SMILES string of the molecule is COCCS(=O)(=O)N(CCC(N)=NO)Cc1cccnc1. The molecular weight excluding hydrogens is 296 g/mol. The fraction of sp³-hybridized carbons (Fsp3) is 0.500. The maximum atomic E-state index is 12.3. The van der Waals surface area contributed by atoms with Crippen LogP contribution in [0, 0.1) is 0 Å². The second kappa shape index (κ2) is 8.55. The molecule has 1 aromatic rings. The molecule has 0 atom stereocenters. The smallest absolute Gasteiger partial charge is 0.216 e. The van der Waals surface area contributed by atoms with Crippen molar-refractivity contribution < 1.29 is 18.4 Å². The zero-order chi connectivity index (χ0) is 15.7. The highest BCUT2D eigenvalue weighted by atomic mass is 32.2. The first-order valence-electron chi connectivity index (χ1n) is 6.31. The van der Waals surface area contributed by atoms with E-state index in [9.17, 15) is 8.42 Å². The number of ether oxygens (including phenoxy) is 1. The Bertz CT molecular complexity index is 548. The quantitative estimate of drug-likeness (QED) is 0.286. The Balaban J connectivity index is 2.83. The molecule has 0 fully saturated rings. The molecule has 0 amide bonds. The lowest BCUT2D eigenvalue weighted by atomic mass is 10.3. The van der Waals surface area contributed by atoms with Crippen molar-refractivity contribution in [2.24, 2.45) is 10.9 Å². The second-order valence-electron chi connectivity index (χ2n) is 4.34. The van der Waals surface area contributed by atoms with E-state index >= 15 is 0 Å². The number of methoxy groups -OCH3 is 1. The number of nitrogens with zero attached hydrogens (tertiary/aromatic N) is 3. The molecule has 0 spiro atoms. The van der Waals surface area contributed by atoms with Gasteiger partial charge in [-0.3, -0.25) is 4.98 Å². The van der Waals surface area contributed by atoms with Crippen molar-refractivity contribution in [3.05, 3.63) is 30.1 Å². The summed E-state index contributed by atoms with van der Waals surface area (Å²) < 4.78 is 30.7. The maximum Gasteiger partial charge on any atom is 0.216 e. The van der Waals surface area contributed by atoms with Gasteiger partial charge in [-0.15, -0.1) is 0 Å². The van der Waals surface area contributed by atoms with E-state index in [-0.39, 0.29) is 37.7 Å². The molecule has 0 saturated carbocycles. The maximum absolute atomic E-state index is 12.3. The number of aromatic nitrogens is 1. The van der Waals surface area contributed by atoms with Gasteiger partial charge >= 0.3 is 0 Å². The van der Waals surface area contributed by atoms with Gasteiger partial charge in [0, 0.05) is 39.0 Å². The molecule has 0 saturated heterocycles. The van der Waals surface area contributed by atoms with Gasteiger partial charge in [-0.05, 0) is 11.6 Å². The van der Waals surface area contributed by atoms with Crippen LogP contribution in [0.15, 0.2) is 29.7 Å². The highest BCUT2D eigenvalue weighted by Crippen LogP contribution is 2.10. The van der Waals surface area contributed by atoms with Crippen LogP contribution in [0.1, 0.15) is 12.0 Å². The van der Waals surface area contributed by atoms with Gasteiger partial charge in [0.2, 0.25) is 10.0 Å². The van der Waals surface area contributed by atoms with Crippen LogP contribution in [0.3, 0.4) is 0 Å². The molecule has 0 aliphatic heterocycles. The van der Waals surface area contributed by atoms with Crippen LogP contribution in [0.4, 0.5) is 0 Å². The molecular formula is C12H20N4O4S. The lowest BCUT2D eigenvalue weighted by Gasteiger charge is -2.21. The van der Waals surface area contributed by atoms with E-state index in [0.717, 1.165) is 5.56 Å². The zero-order valence-electron chi connectivity index (χ0n) is 11.8. The highest BCUT2D eigenvalue weighted by Gasteiger charge is 2.22. The van der Waals surface area contributed by atoms with E-state index in [0.29, 0.717) is 0 Å². The number of sulfonamides is 1. The van der Waals surface area contributed by atoms with Crippen molar-refractivity contribution in [1.29, 1.82) is 0 Å². The van der Waals surface area contributed by atoms with Gasteiger partial charge in [0.15, 0.2) is 0 Å². The fourth-order valence-electron chi connectivity index (χ4n) is 1.62.